The molecule has 24 heavy (non-hydrogen) atoms. The second-order valence-electron chi connectivity index (χ2n) is 7.25. The van der Waals surface area contributed by atoms with Gasteiger partial charge < -0.3 is 9.32 Å². The van der Waals surface area contributed by atoms with Gasteiger partial charge in [-0.3, -0.25) is 4.79 Å². The van der Waals surface area contributed by atoms with Crippen molar-refractivity contribution >= 4 is 5.91 Å². The Morgan fingerprint density at radius 1 is 1.21 bits per heavy atom. The molecule has 1 saturated carbocycles. The van der Waals surface area contributed by atoms with E-state index in [-0.39, 0.29) is 17.9 Å². The summed E-state index contributed by atoms with van der Waals surface area (Å²) in [5.41, 5.74) is 2.00. The van der Waals surface area contributed by atoms with Crippen LogP contribution in [0.25, 0.3) is 11.3 Å². The quantitative estimate of drug-likeness (QED) is 0.829. The van der Waals surface area contributed by atoms with Crippen molar-refractivity contribution in [1.29, 1.82) is 0 Å². The number of carbonyl (C=O) groups is 1. The molecule has 126 valence electrons. The first-order chi connectivity index (χ1) is 11.6. The Bertz CT molecular complexity index is 731. The zero-order valence-corrected chi connectivity index (χ0v) is 14.4. The van der Waals surface area contributed by atoms with Crippen LogP contribution in [0, 0.1) is 5.92 Å². The molecule has 0 spiro atoms. The van der Waals surface area contributed by atoms with Crippen LogP contribution in [0.4, 0.5) is 0 Å². The molecule has 0 radical (unpaired) electrons. The molecule has 2 heterocycles. The SMILES string of the molecule is CC(C)c1oc(C2CCCN2C(=O)C2CC2)nc1-c1ccccc1. The van der Waals surface area contributed by atoms with E-state index >= 15 is 0 Å². The fourth-order valence-electron chi connectivity index (χ4n) is 3.54. The highest BCUT2D eigenvalue weighted by Crippen LogP contribution is 2.40. The van der Waals surface area contributed by atoms with Crippen molar-refractivity contribution in [3.05, 3.63) is 42.0 Å². The minimum atomic E-state index is 0.00747. The van der Waals surface area contributed by atoms with E-state index in [0.717, 1.165) is 49.2 Å². The highest BCUT2D eigenvalue weighted by Gasteiger charge is 2.40. The van der Waals surface area contributed by atoms with Gasteiger partial charge in [-0.1, -0.05) is 44.2 Å². The lowest BCUT2D eigenvalue weighted by atomic mass is 10.0. The van der Waals surface area contributed by atoms with E-state index in [4.69, 9.17) is 9.40 Å². The van der Waals surface area contributed by atoms with Crippen LogP contribution >= 0.6 is 0 Å². The standard InChI is InChI=1S/C20H24N2O2/c1-13(2)18-17(14-7-4-3-5-8-14)21-19(24-18)16-9-6-12-22(16)20(23)15-10-11-15/h3-5,7-8,13,15-16H,6,9-12H2,1-2H3. The molecule has 1 atom stereocenters. The van der Waals surface area contributed by atoms with Gasteiger partial charge in [0.2, 0.25) is 11.8 Å². The predicted octanol–water partition coefficient (Wildman–Crippen LogP) is 4.54. The van der Waals surface area contributed by atoms with Crippen molar-refractivity contribution in [2.24, 2.45) is 5.92 Å². The number of rotatable bonds is 4. The van der Waals surface area contributed by atoms with Crippen molar-refractivity contribution in [3.8, 4) is 11.3 Å². The Balaban J connectivity index is 1.69. The molecule has 0 bridgehead atoms. The van der Waals surface area contributed by atoms with Gasteiger partial charge in [0.1, 0.15) is 17.5 Å². The van der Waals surface area contributed by atoms with Gasteiger partial charge in [0, 0.05) is 23.9 Å². The summed E-state index contributed by atoms with van der Waals surface area (Å²) in [6.07, 6.45) is 4.06. The second-order valence-corrected chi connectivity index (χ2v) is 7.25. The average Bonchev–Trinajstić information content (AvgIpc) is 3.16. The molecule has 4 nitrogen and oxygen atoms in total. The maximum Gasteiger partial charge on any atom is 0.226 e. The number of likely N-dealkylation sites (tertiary alicyclic amines) is 1. The van der Waals surface area contributed by atoms with E-state index in [1.165, 1.54) is 0 Å². The van der Waals surface area contributed by atoms with Gasteiger partial charge in [-0.15, -0.1) is 0 Å². The van der Waals surface area contributed by atoms with E-state index in [2.05, 4.69) is 26.0 Å². The topological polar surface area (TPSA) is 46.3 Å². The molecule has 1 aliphatic heterocycles. The lowest BCUT2D eigenvalue weighted by Gasteiger charge is -2.22. The first-order valence-electron chi connectivity index (χ1n) is 9.01. The Morgan fingerprint density at radius 3 is 2.62 bits per heavy atom. The van der Waals surface area contributed by atoms with Crippen LogP contribution < -0.4 is 0 Å². The summed E-state index contributed by atoms with van der Waals surface area (Å²) >= 11 is 0. The summed E-state index contributed by atoms with van der Waals surface area (Å²) in [5, 5.41) is 0. The number of benzene rings is 1. The number of aromatic nitrogens is 1. The van der Waals surface area contributed by atoms with E-state index in [9.17, 15) is 4.79 Å². The number of carbonyl (C=O) groups excluding carboxylic acids is 1. The van der Waals surface area contributed by atoms with Crippen LogP contribution in [0.2, 0.25) is 0 Å². The number of hydrogen-bond acceptors (Lipinski definition) is 3. The summed E-state index contributed by atoms with van der Waals surface area (Å²) in [6.45, 7) is 5.08. The highest BCUT2D eigenvalue weighted by molar-refractivity contribution is 5.81. The Kier molecular flexibility index (Phi) is 3.91. The van der Waals surface area contributed by atoms with Crippen molar-refractivity contribution in [2.45, 2.75) is 51.5 Å². The smallest absolute Gasteiger partial charge is 0.226 e. The van der Waals surface area contributed by atoms with Crippen molar-refractivity contribution < 1.29 is 9.21 Å². The van der Waals surface area contributed by atoms with Gasteiger partial charge in [-0.2, -0.15) is 0 Å². The van der Waals surface area contributed by atoms with Gasteiger partial charge >= 0.3 is 0 Å². The molecular weight excluding hydrogens is 300 g/mol. The lowest BCUT2D eigenvalue weighted by molar-refractivity contribution is -0.133. The minimum Gasteiger partial charge on any atom is -0.442 e. The van der Waals surface area contributed by atoms with Gasteiger partial charge in [0.05, 0.1) is 0 Å². The summed E-state index contributed by atoms with van der Waals surface area (Å²) in [7, 11) is 0. The van der Waals surface area contributed by atoms with Crippen LogP contribution in [0.1, 0.15) is 63.1 Å². The molecule has 1 aliphatic carbocycles. The average molecular weight is 324 g/mol. The molecule has 1 aromatic heterocycles. The molecule has 2 aliphatic rings. The molecule has 2 aromatic rings. The monoisotopic (exact) mass is 324 g/mol. The maximum atomic E-state index is 12.5. The molecule has 1 unspecified atom stereocenters. The normalized spacial score (nSPS) is 20.8. The summed E-state index contributed by atoms with van der Waals surface area (Å²) in [6, 6.07) is 10.2. The number of amides is 1. The summed E-state index contributed by atoms with van der Waals surface area (Å²) < 4.78 is 6.19. The number of hydrogen-bond donors (Lipinski definition) is 0. The van der Waals surface area contributed by atoms with Crippen LogP contribution in [0.3, 0.4) is 0 Å². The number of oxazole rings is 1. The lowest BCUT2D eigenvalue weighted by Crippen LogP contribution is -2.31. The Hall–Kier alpha value is -2.10. The van der Waals surface area contributed by atoms with Crippen LogP contribution in [0.15, 0.2) is 34.7 Å². The summed E-state index contributed by atoms with van der Waals surface area (Å²) in [5.74, 6) is 2.43. The Labute approximate surface area is 142 Å². The third-order valence-electron chi connectivity index (χ3n) is 4.99. The molecule has 1 saturated heterocycles. The molecule has 2 fully saturated rings. The van der Waals surface area contributed by atoms with Crippen molar-refractivity contribution in [3.63, 3.8) is 0 Å². The zero-order chi connectivity index (χ0) is 16.7. The van der Waals surface area contributed by atoms with Crippen LogP contribution in [-0.4, -0.2) is 22.3 Å². The fraction of sp³-hybridized carbons (Fsp3) is 0.500. The molecule has 4 rings (SSSR count). The van der Waals surface area contributed by atoms with E-state index in [1.807, 2.05) is 23.1 Å². The second kappa shape index (κ2) is 6.08. The molecule has 4 heteroatoms. The Morgan fingerprint density at radius 2 is 1.96 bits per heavy atom. The number of nitrogens with zero attached hydrogens (tertiary/aromatic N) is 2. The highest BCUT2D eigenvalue weighted by atomic mass is 16.4. The van der Waals surface area contributed by atoms with Crippen LogP contribution in [0.5, 0.6) is 0 Å². The molecule has 1 aromatic carbocycles. The van der Waals surface area contributed by atoms with Crippen molar-refractivity contribution in [1.82, 2.24) is 9.88 Å². The van der Waals surface area contributed by atoms with Gasteiger partial charge in [0.15, 0.2) is 0 Å². The fourth-order valence-corrected chi connectivity index (χ4v) is 3.54. The summed E-state index contributed by atoms with van der Waals surface area (Å²) in [4.78, 5) is 19.4. The van der Waals surface area contributed by atoms with Gasteiger partial charge in [0.25, 0.3) is 0 Å². The van der Waals surface area contributed by atoms with Crippen LogP contribution in [-0.2, 0) is 4.79 Å². The van der Waals surface area contributed by atoms with E-state index in [1.54, 1.807) is 0 Å². The maximum absolute atomic E-state index is 12.5. The third-order valence-corrected chi connectivity index (χ3v) is 4.99. The van der Waals surface area contributed by atoms with E-state index in [0.29, 0.717) is 11.8 Å². The third kappa shape index (κ3) is 2.74. The largest absolute Gasteiger partial charge is 0.442 e. The zero-order valence-electron chi connectivity index (χ0n) is 14.4. The first-order valence-corrected chi connectivity index (χ1v) is 9.01. The first kappa shape index (κ1) is 15.4. The van der Waals surface area contributed by atoms with Gasteiger partial charge in [-0.05, 0) is 25.7 Å². The minimum absolute atomic E-state index is 0.00747. The molecule has 1 amide bonds. The van der Waals surface area contributed by atoms with E-state index < -0.39 is 0 Å². The molecule has 0 N–H and O–H groups in total. The van der Waals surface area contributed by atoms with Crippen molar-refractivity contribution in [2.75, 3.05) is 6.54 Å². The van der Waals surface area contributed by atoms with Gasteiger partial charge in [-0.25, -0.2) is 4.98 Å². The predicted molar refractivity (Wildman–Crippen MR) is 92.4 cm³/mol. The molecular formula is C20H24N2O2.